The SMILES string of the molecule is CC(C)(C)CCCC(=O)NCC1CCNC1. The predicted molar refractivity (Wildman–Crippen MR) is 67.3 cm³/mol. The van der Waals surface area contributed by atoms with Crippen LogP contribution in [0.5, 0.6) is 0 Å². The maximum atomic E-state index is 11.6. The van der Waals surface area contributed by atoms with Crippen molar-refractivity contribution in [3.05, 3.63) is 0 Å². The fourth-order valence-electron chi connectivity index (χ4n) is 2.01. The zero-order valence-corrected chi connectivity index (χ0v) is 10.9. The van der Waals surface area contributed by atoms with Gasteiger partial charge in [-0.3, -0.25) is 4.79 Å². The Morgan fingerprint density at radius 3 is 2.75 bits per heavy atom. The molecule has 1 amide bonds. The molecule has 0 saturated carbocycles. The van der Waals surface area contributed by atoms with Crippen molar-refractivity contribution in [2.24, 2.45) is 11.3 Å². The molecular formula is C13H26N2O. The molecule has 0 bridgehead atoms. The molecule has 1 saturated heterocycles. The first-order chi connectivity index (χ1) is 7.47. The van der Waals surface area contributed by atoms with Crippen LogP contribution in [0.4, 0.5) is 0 Å². The van der Waals surface area contributed by atoms with E-state index in [9.17, 15) is 4.79 Å². The van der Waals surface area contributed by atoms with Crippen molar-refractivity contribution in [2.45, 2.75) is 46.5 Å². The summed E-state index contributed by atoms with van der Waals surface area (Å²) in [5, 5.41) is 6.34. The fourth-order valence-corrected chi connectivity index (χ4v) is 2.01. The number of rotatable bonds is 5. The first kappa shape index (κ1) is 13.5. The van der Waals surface area contributed by atoms with Crippen LogP contribution in [0.15, 0.2) is 0 Å². The molecule has 1 rings (SSSR count). The van der Waals surface area contributed by atoms with Crippen LogP contribution in [-0.2, 0) is 4.79 Å². The van der Waals surface area contributed by atoms with Gasteiger partial charge in [0.2, 0.25) is 5.91 Å². The van der Waals surface area contributed by atoms with Crippen LogP contribution in [0.3, 0.4) is 0 Å². The Labute approximate surface area is 99.4 Å². The van der Waals surface area contributed by atoms with E-state index in [2.05, 4.69) is 31.4 Å². The Morgan fingerprint density at radius 1 is 1.44 bits per heavy atom. The summed E-state index contributed by atoms with van der Waals surface area (Å²) >= 11 is 0. The second-order valence-electron chi connectivity index (χ2n) is 6.08. The molecule has 1 atom stereocenters. The van der Waals surface area contributed by atoms with Gasteiger partial charge in [0.1, 0.15) is 0 Å². The monoisotopic (exact) mass is 226 g/mol. The summed E-state index contributed by atoms with van der Waals surface area (Å²) in [5.74, 6) is 0.864. The maximum Gasteiger partial charge on any atom is 0.220 e. The van der Waals surface area contributed by atoms with E-state index in [-0.39, 0.29) is 5.91 Å². The molecule has 1 unspecified atom stereocenters. The van der Waals surface area contributed by atoms with Gasteiger partial charge in [-0.05, 0) is 43.7 Å². The summed E-state index contributed by atoms with van der Waals surface area (Å²) in [7, 11) is 0. The number of amides is 1. The van der Waals surface area contributed by atoms with Gasteiger partial charge in [-0.25, -0.2) is 0 Å². The largest absolute Gasteiger partial charge is 0.356 e. The molecule has 0 aromatic heterocycles. The third-order valence-electron chi connectivity index (χ3n) is 3.08. The van der Waals surface area contributed by atoms with Gasteiger partial charge in [0.25, 0.3) is 0 Å². The summed E-state index contributed by atoms with van der Waals surface area (Å²) in [6.45, 7) is 9.66. The van der Waals surface area contributed by atoms with Crippen molar-refractivity contribution in [3.63, 3.8) is 0 Å². The quantitative estimate of drug-likeness (QED) is 0.752. The Morgan fingerprint density at radius 2 is 2.19 bits per heavy atom. The smallest absolute Gasteiger partial charge is 0.220 e. The van der Waals surface area contributed by atoms with E-state index >= 15 is 0 Å². The second-order valence-corrected chi connectivity index (χ2v) is 6.08. The van der Waals surface area contributed by atoms with Gasteiger partial charge >= 0.3 is 0 Å². The highest BCUT2D eigenvalue weighted by molar-refractivity contribution is 5.75. The summed E-state index contributed by atoms with van der Waals surface area (Å²) in [4.78, 5) is 11.6. The second kappa shape index (κ2) is 6.24. The third kappa shape index (κ3) is 6.11. The summed E-state index contributed by atoms with van der Waals surface area (Å²) < 4.78 is 0. The van der Waals surface area contributed by atoms with E-state index in [4.69, 9.17) is 0 Å². The van der Waals surface area contributed by atoms with E-state index in [1.165, 1.54) is 6.42 Å². The molecule has 2 N–H and O–H groups in total. The zero-order valence-electron chi connectivity index (χ0n) is 10.9. The molecule has 3 nitrogen and oxygen atoms in total. The van der Waals surface area contributed by atoms with Crippen LogP contribution in [0, 0.1) is 11.3 Å². The predicted octanol–water partition coefficient (Wildman–Crippen LogP) is 1.93. The Balaban J connectivity index is 2.02. The highest BCUT2D eigenvalue weighted by Crippen LogP contribution is 2.21. The van der Waals surface area contributed by atoms with Gasteiger partial charge in [0.15, 0.2) is 0 Å². The van der Waals surface area contributed by atoms with Crippen molar-refractivity contribution < 1.29 is 4.79 Å². The summed E-state index contributed by atoms with van der Waals surface area (Å²) in [6, 6.07) is 0. The highest BCUT2D eigenvalue weighted by Gasteiger charge is 2.15. The minimum atomic E-state index is 0.219. The van der Waals surface area contributed by atoms with Crippen molar-refractivity contribution in [1.29, 1.82) is 0 Å². The molecule has 1 aliphatic rings. The molecule has 0 aliphatic carbocycles. The lowest BCUT2D eigenvalue weighted by Crippen LogP contribution is -2.30. The highest BCUT2D eigenvalue weighted by atomic mass is 16.1. The van der Waals surface area contributed by atoms with Crippen molar-refractivity contribution in [3.8, 4) is 0 Å². The number of hydrogen-bond acceptors (Lipinski definition) is 2. The molecule has 3 heteroatoms. The minimum absolute atomic E-state index is 0.219. The topological polar surface area (TPSA) is 41.1 Å². The van der Waals surface area contributed by atoms with Crippen molar-refractivity contribution in [2.75, 3.05) is 19.6 Å². The van der Waals surface area contributed by atoms with E-state index in [1.807, 2.05) is 0 Å². The molecule has 0 aromatic rings. The molecular weight excluding hydrogens is 200 g/mol. The molecule has 1 fully saturated rings. The van der Waals surface area contributed by atoms with Gasteiger partial charge in [0.05, 0.1) is 0 Å². The maximum absolute atomic E-state index is 11.6. The number of carbonyl (C=O) groups excluding carboxylic acids is 1. The molecule has 1 aliphatic heterocycles. The Bertz CT molecular complexity index is 214. The van der Waals surface area contributed by atoms with Gasteiger partial charge in [-0.1, -0.05) is 20.8 Å². The molecule has 16 heavy (non-hydrogen) atoms. The van der Waals surface area contributed by atoms with Crippen LogP contribution < -0.4 is 10.6 Å². The average Bonchev–Trinajstić information content (AvgIpc) is 2.65. The third-order valence-corrected chi connectivity index (χ3v) is 3.08. The molecule has 0 aromatic carbocycles. The standard InChI is InChI=1S/C13H26N2O/c1-13(2,3)7-4-5-12(16)15-10-11-6-8-14-9-11/h11,14H,4-10H2,1-3H3,(H,15,16). The van der Waals surface area contributed by atoms with E-state index < -0.39 is 0 Å². The first-order valence-corrected chi connectivity index (χ1v) is 6.45. The van der Waals surface area contributed by atoms with Crippen LogP contribution in [-0.4, -0.2) is 25.5 Å². The first-order valence-electron chi connectivity index (χ1n) is 6.45. The lowest BCUT2D eigenvalue weighted by atomic mass is 9.90. The van der Waals surface area contributed by atoms with Gasteiger partial charge in [0, 0.05) is 13.0 Å². The van der Waals surface area contributed by atoms with Crippen molar-refractivity contribution >= 4 is 5.91 Å². The average molecular weight is 226 g/mol. The lowest BCUT2D eigenvalue weighted by molar-refractivity contribution is -0.121. The Hall–Kier alpha value is -0.570. The summed E-state index contributed by atoms with van der Waals surface area (Å²) in [5.41, 5.74) is 0.343. The molecule has 0 radical (unpaired) electrons. The normalized spacial score (nSPS) is 21.1. The van der Waals surface area contributed by atoms with Gasteiger partial charge in [-0.2, -0.15) is 0 Å². The van der Waals surface area contributed by atoms with Gasteiger partial charge < -0.3 is 10.6 Å². The Kier molecular flexibility index (Phi) is 5.26. The number of hydrogen-bond donors (Lipinski definition) is 2. The minimum Gasteiger partial charge on any atom is -0.356 e. The lowest BCUT2D eigenvalue weighted by Gasteiger charge is -2.17. The van der Waals surface area contributed by atoms with Gasteiger partial charge in [-0.15, -0.1) is 0 Å². The molecule has 0 spiro atoms. The number of carbonyl (C=O) groups is 1. The number of nitrogens with one attached hydrogen (secondary N) is 2. The van der Waals surface area contributed by atoms with Crippen LogP contribution in [0.25, 0.3) is 0 Å². The van der Waals surface area contributed by atoms with E-state index in [0.29, 0.717) is 17.8 Å². The molecule has 1 heterocycles. The summed E-state index contributed by atoms with van der Waals surface area (Å²) in [6.07, 6.45) is 3.99. The van der Waals surface area contributed by atoms with E-state index in [1.54, 1.807) is 0 Å². The van der Waals surface area contributed by atoms with Crippen LogP contribution in [0.1, 0.15) is 46.5 Å². The fraction of sp³-hybridized carbons (Fsp3) is 0.923. The molecule has 94 valence electrons. The van der Waals surface area contributed by atoms with E-state index in [0.717, 1.165) is 32.5 Å². The van der Waals surface area contributed by atoms with Crippen LogP contribution in [0.2, 0.25) is 0 Å². The zero-order chi connectivity index (χ0) is 12.0. The van der Waals surface area contributed by atoms with Crippen LogP contribution >= 0.6 is 0 Å². The van der Waals surface area contributed by atoms with Crippen molar-refractivity contribution in [1.82, 2.24) is 10.6 Å².